The van der Waals surface area contributed by atoms with Crippen LogP contribution in [0.15, 0.2) is 18.3 Å². The number of nitrogens with zero attached hydrogens (tertiary/aromatic N) is 1. The molecule has 0 unspecified atom stereocenters. The predicted octanol–water partition coefficient (Wildman–Crippen LogP) is 2.83. The fourth-order valence-corrected chi connectivity index (χ4v) is 2.09. The first-order valence-electron chi connectivity index (χ1n) is 5.65. The standard InChI is InChI=1S/C12H18N2O/c1-15-12-9-11(7-8-13-12)14-10-5-3-2-4-6-10/h7-10H,2-6H2,1H3,(H,13,14). The van der Waals surface area contributed by atoms with Gasteiger partial charge in [-0.25, -0.2) is 4.98 Å². The summed E-state index contributed by atoms with van der Waals surface area (Å²) in [5.41, 5.74) is 1.12. The smallest absolute Gasteiger partial charge is 0.214 e. The summed E-state index contributed by atoms with van der Waals surface area (Å²) in [6.07, 6.45) is 8.43. The highest BCUT2D eigenvalue weighted by Crippen LogP contribution is 2.22. The molecule has 1 aromatic rings. The van der Waals surface area contributed by atoms with Crippen LogP contribution in [0, 0.1) is 0 Å². The quantitative estimate of drug-likeness (QED) is 0.825. The second-order valence-corrected chi connectivity index (χ2v) is 4.07. The summed E-state index contributed by atoms with van der Waals surface area (Å²) < 4.78 is 5.09. The van der Waals surface area contributed by atoms with Crippen molar-refractivity contribution in [1.82, 2.24) is 4.98 Å². The molecule has 1 aromatic heterocycles. The zero-order valence-corrected chi connectivity index (χ0v) is 9.20. The number of rotatable bonds is 3. The molecule has 0 aromatic carbocycles. The first-order valence-corrected chi connectivity index (χ1v) is 5.65. The first-order chi connectivity index (χ1) is 7.38. The molecule has 15 heavy (non-hydrogen) atoms. The van der Waals surface area contributed by atoms with Crippen LogP contribution in [0.4, 0.5) is 5.69 Å². The van der Waals surface area contributed by atoms with Gasteiger partial charge in [-0.15, -0.1) is 0 Å². The topological polar surface area (TPSA) is 34.1 Å². The average molecular weight is 206 g/mol. The Morgan fingerprint density at radius 1 is 1.33 bits per heavy atom. The van der Waals surface area contributed by atoms with Crippen LogP contribution in [0.5, 0.6) is 5.88 Å². The highest BCUT2D eigenvalue weighted by molar-refractivity contribution is 5.45. The molecular weight excluding hydrogens is 188 g/mol. The molecule has 0 aliphatic heterocycles. The van der Waals surface area contributed by atoms with Crippen LogP contribution >= 0.6 is 0 Å². The molecule has 3 heteroatoms. The van der Waals surface area contributed by atoms with E-state index in [1.807, 2.05) is 12.1 Å². The van der Waals surface area contributed by atoms with Crippen LogP contribution in [0.3, 0.4) is 0 Å². The van der Waals surface area contributed by atoms with Gasteiger partial charge in [0, 0.05) is 24.0 Å². The molecule has 1 fully saturated rings. The highest BCUT2D eigenvalue weighted by Gasteiger charge is 2.12. The highest BCUT2D eigenvalue weighted by atomic mass is 16.5. The van der Waals surface area contributed by atoms with Crippen LogP contribution in [-0.4, -0.2) is 18.1 Å². The fourth-order valence-electron chi connectivity index (χ4n) is 2.09. The number of methoxy groups -OCH3 is 1. The number of ether oxygens (including phenoxy) is 1. The van der Waals surface area contributed by atoms with Crippen LogP contribution < -0.4 is 10.1 Å². The van der Waals surface area contributed by atoms with Crippen molar-refractivity contribution in [2.75, 3.05) is 12.4 Å². The van der Waals surface area contributed by atoms with E-state index in [1.54, 1.807) is 13.3 Å². The van der Waals surface area contributed by atoms with Crippen molar-refractivity contribution < 1.29 is 4.74 Å². The van der Waals surface area contributed by atoms with Gasteiger partial charge in [0.05, 0.1) is 7.11 Å². The van der Waals surface area contributed by atoms with Gasteiger partial charge in [0.2, 0.25) is 5.88 Å². The number of hydrogen-bond acceptors (Lipinski definition) is 3. The largest absolute Gasteiger partial charge is 0.481 e. The molecule has 0 atom stereocenters. The lowest BCUT2D eigenvalue weighted by atomic mass is 9.95. The minimum absolute atomic E-state index is 0.630. The van der Waals surface area contributed by atoms with Crippen LogP contribution in [0.1, 0.15) is 32.1 Å². The Labute approximate surface area is 90.9 Å². The van der Waals surface area contributed by atoms with Crippen molar-refractivity contribution in [3.05, 3.63) is 18.3 Å². The molecule has 0 spiro atoms. The van der Waals surface area contributed by atoms with Gasteiger partial charge in [-0.3, -0.25) is 0 Å². The Morgan fingerprint density at radius 2 is 2.13 bits per heavy atom. The van der Waals surface area contributed by atoms with Crippen molar-refractivity contribution in [1.29, 1.82) is 0 Å². The van der Waals surface area contributed by atoms with E-state index in [1.165, 1.54) is 32.1 Å². The third-order valence-electron chi connectivity index (χ3n) is 2.92. The monoisotopic (exact) mass is 206 g/mol. The van der Waals surface area contributed by atoms with Gasteiger partial charge < -0.3 is 10.1 Å². The Hall–Kier alpha value is -1.25. The Morgan fingerprint density at radius 3 is 2.87 bits per heavy atom. The molecule has 1 aliphatic carbocycles. The van der Waals surface area contributed by atoms with Crippen molar-refractivity contribution >= 4 is 5.69 Å². The van der Waals surface area contributed by atoms with E-state index in [4.69, 9.17) is 4.74 Å². The van der Waals surface area contributed by atoms with Gasteiger partial charge >= 0.3 is 0 Å². The molecule has 82 valence electrons. The summed E-state index contributed by atoms with van der Waals surface area (Å²) in [6, 6.07) is 4.58. The number of anilines is 1. The van der Waals surface area contributed by atoms with Crippen LogP contribution in [-0.2, 0) is 0 Å². The minimum Gasteiger partial charge on any atom is -0.481 e. The van der Waals surface area contributed by atoms with Gasteiger partial charge in [-0.1, -0.05) is 19.3 Å². The molecule has 3 nitrogen and oxygen atoms in total. The van der Waals surface area contributed by atoms with E-state index < -0.39 is 0 Å². The SMILES string of the molecule is COc1cc(NC2CCCCC2)ccn1. The van der Waals surface area contributed by atoms with Crippen molar-refractivity contribution in [2.24, 2.45) is 0 Å². The molecule has 1 aliphatic rings. The van der Waals surface area contributed by atoms with E-state index in [0.29, 0.717) is 11.9 Å². The Kier molecular flexibility index (Phi) is 3.43. The molecular formula is C12H18N2O. The maximum absolute atomic E-state index is 5.09. The van der Waals surface area contributed by atoms with Gasteiger partial charge in [-0.2, -0.15) is 0 Å². The maximum atomic E-state index is 5.09. The van der Waals surface area contributed by atoms with Crippen LogP contribution in [0.25, 0.3) is 0 Å². The Bertz CT molecular complexity index is 308. The van der Waals surface area contributed by atoms with Gasteiger partial charge in [-0.05, 0) is 18.9 Å². The number of hydrogen-bond donors (Lipinski definition) is 1. The zero-order chi connectivity index (χ0) is 10.5. The number of pyridine rings is 1. The molecule has 0 radical (unpaired) electrons. The lowest BCUT2D eigenvalue weighted by molar-refractivity contribution is 0.398. The molecule has 1 saturated carbocycles. The summed E-state index contributed by atoms with van der Waals surface area (Å²) in [7, 11) is 1.65. The van der Waals surface area contributed by atoms with Crippen molar-refractivity contribution in [3.63, 3.8) is 0 Å². The maximum Gasteiger partial charge on any atom is 0.214 e. The number of aromatic nitrogens is 1. The summed E-state index contributed by atoms with van der Waals surface area (Å²) >= 11 is 0. The average Bonchev–Trinajstić information content (AvgIpc) is 2.31. The minimum atomic E-state index is 0.630. The summed E-state index contributed by atoms with van der Waals surface area (Å²) in [5.74, 6) is 0.677. The van der Waals surface area contributed by atoms with E-state index in [-0.39, 0.29) is 0 Å². The molecule has 0 amide bonds. The predicted molar refractivity (Wildman–Crippen MR) is 61.3 cm³/mol. The second kappa shape index (κ2) is 5.01. The number of nitrogens with one attached hydrogen (secondary N) is 1. The summed E-state index contributed by atoms with van der Waals surface area (Å²) in [5, 5.41) is 3.54. The van der Waals surface area contributed by atoms with Crippen LogP contribution in [0.2, 0.25) is 0 Å². The third kappa shape index (κ3) is 2.85. The molecule has 2 rings (SSSR count). The third-order valence-corrected chi connectivity index (χ3v) is 2.92. The first kappa shape index (κ1) is 10.3. The second-order valence-electron chi connectivity index (χ2n) is 4.07. The van der Waals surface area contributed by atoms with Crippen molar-refractivity contribution in [2.45, 2.75) is 38.1 Å². The lowest BCUT2D eigenvalue weighted by Crippen LogP contribution is -2.22. The van der Waals surface area contributed by atoms with Gasteiger partial charge in [0.1, 0.15) is 0 Å². The van der Waals surface area contributed by atoms with Gasteiger partial charge in [0.25, 0.3) is 0 Å². The normalized spacial score (nSPS) is 17.4. The molecule has 0 saturated heterocycles. The fraction of sp³-hybridized carbons (Fsp3) is 0.583. The zero-order valence-electron chi connectivity index (χ0n) is 9.20. The van der Waals surface area contributed by atoms with E-state index in [9.17, 15) is 0 Å². The molecule has 1 N–H and O–H groups in total. The lowest BCUT2D eigenvalue weighted by Gasteiger charge is -2.23. The van der Waals surface area contributed by atoms with E-state index in [0.717, 1.165) is 5.69 Å². The summed E-state index contributed by atoms with van der Waals surface area (Å²) in [6.45, 7) is 0. The molecule has 1 heterocycles. The van der Waals surface area contributed by atoms with Crippen molar-refractivity contribution in [3.8, 4) is 5.88 Å². The summed E-state index contributed by atoms with van der Waals surface area (Å²) in [4.78, 5) is 4.09. The van der Waals surface area contributed by atoms with E-state index in [2.05, 4.69) is 10.3 Å². The Balaban J connectivity index is 1.96. The van der Waals surface area contributed by atoms with E-state index >= 15 is 0 Å². The van der Waals surface area contributed by atoms with Gasteiger partial charge in [0.15, 0.2) is 0 Å². The molecule has 0 bridgehead atoms.